The summed E-state index contributed by atoms with van der Waals surface area (Å²) < 4.78 is 5.50. The van der Waals surface area contributed by atoms with Crippen LogP contribution in [0.1, 0.15) is 23.7 Å². The topological polar surface area (TPSA) is 77.2 Å². The molecule has 1 heterocycles. The van der Waals surface area contributed by atoms with Crippen LogP contribution in [0, 0.1) is 0 Å². The lowest BCUT2D eigenvalue weighted by molar-refractivity contribution is 0.102. The van der Waals surface area contributed by atoms with Crippen LogP contribution in [0.25, 0.3) is 0 Å². The fourth-order valence-electron chi connectivity index (χ4n) is 1.61. The third-order valence-corrected chi connectivity index (χ3v) is 2.60. The second-order valence-electron chi connectivity index (χ2n) is 4.31. The predicted molar refractivity (Wildman–Crippen MR) is 78.8 cm³/mol. The number of nitrogens with one attached hydrogen (secondary N) is 1. The van der Waals surface area contributed by atoms with E-state index in [0.29, 0.717) is 29.4 Å². The average Bonchev–Trinajstić information content (AvgIpc) is 2.48. The van der Waals surface area contributed by atoms with E-state index < -0.39 is 0 Å². The standard InChI is InChI=1S/C15H17N3O2/c1-2-8-20-13-5-3-4-11(9-13)15(19)18-14-7-6-12(16)10-17-14/h3-7,9-10H,2,8,16H2,1H3,(H,17,18,19). The van der Waals surface area contributed by atoms with Gasteiger partial charge in [-0.25, -0.2) is 4.98 Å². The molecule has 0 unspecified atom stereocenters. The van der Waals surface area contributed by atoms with Crippen LogP contribution in [-0.4, -0.2) is 17.5 Å². The van der Waals surface area contributed by atoms with E-state index in [9.17, 15) is 4.79 Å². The first-order valence-electron chi connectivity index (χ1n) is 6.45. The minimum atomic E-state index is -0.232. The van der Waals surface area contributed by atoms with E-state index in [-0.39, 0.29) is 5.91 Å². The van der Waals surface area contributed by atoms with Crippen molar-refractivity contribution in [3.05, 3.63) is 48.2 Å². The zero-order chi connectivity index (χ0) is 14.4. The third-order valence-electron chi connectivity index (χ3n) is 2.60. The van der Waals surface area contributed by atoms with Gasteiger partial charge in [0, 0.05) is 5.56 Å². The van der Waals surface area contributed by atoms with Crippen LogP contribution in [0.4, 0.5) is 11.5 Å². The van der Waals surface area contributed by atoms with Gasteiger partial charge in [-0.2, -0.15) is 0 Å². The molecule has 0 aliphatic carbocycles. The number of ether oxygens (including phenoxy) is 1. The number of hydrogen-bond acceptors (Lipinski definition) is 4. The van der Waals surface area contributed by atoms with E-state index in [4.69, 9.17) is 10.5 Å². The molecule has 1 aromatic heterocycles. The van der Waals surface area contributed by atoms with Crippen LogP contribution in [-0.2, 0) is 0 Å². The van der Waals surface area contributed by atoms with Gasteiger partial charge in [0.05, 0.1) is 18.5 Å². The Morgan fingerprint density at radius 2 is 2.20 bits per heavy atom. The van der Waals surface area contributed by atoms with Crippen molar-refractivity contribution in [1.29, 1.82) is 0 Å². The number of carbonyl (C=O) groups excluding carboxylic acids is 1. The monoisotopic (exact) mass is 271 g/mol. The average molecular weight is 271 g/mol. The van der Waals surface area contributed by atoms with Gasteiger partial charge in [-0.1, -0.05) is 13.0 Å². The Kier molecular flexibility index (Phi) is 4.55. The normalized spacial score (nSPS) is 10.1. The number of aromatic nitrogens is 1. The van der Waals surface area contributed by atoms with Gasteiger partial charge in [0.15, 0.2) is 0 Å². The molecule has 0 atom stereocenters. The predicted octanol–water partition coefficient (Wildman–Crippen LogP) is 2.70. The molecular formula is C15H17N3O2. The summed E-state index contributed by atoms with van der Waals surface area (Å²) in [5.74, 6) is 0.915. The van der Waals surface area contributed by atoms with Crippen LogP contribution in [0.5, 0.6) is 5.75 Å². The molecule has 0 fully saturated rings. The van der Waals surface area contributed by atoms with Gasteiger partial charge in [0.25, 0.3) is 5.91 Å². The highest BCUT2D eigenvalue weighted by atomic mass is 16.5. The van der Waals surface area contributed by atoms with Gasteiger partial charge in [-0.3, -0.25) is 4.79 Å². The number of rotatable bonds is 5. The molecule has 2 rings (SSSR count). The molecule has 20 heavy (non-hydrogen) atoms. The van der Waals surface area contributed by atoms with E-state index in [0.717, 1.165) is 6.42 Å². The Morgan fingerprint density at radius 3 is 2.90 bits per heavy atom. The molecule has 0 aliphatic heterocycles. The Labute approximate surface area is 117 Å². The molecule has 3 N–H and O–H groups in total. The second-order valence-corrected chi connectivity index (χ2v) is 4.31. The van der Waals surface area contributed by atoms with E-state index in [1.807, 2.05) is 13.0 Å². The molecule has 0 saturated heterocycles. The van der Waals surface area contributed by atoms with Crippen LogP contribution in [0.2, 0.25) is 0 Å². The highest BCUT2D eigenvalue weighted by Crippen LogP contribution is 2.15. The Hall–Kier alpha value is -2.56. The molecule has 5 nitrogen and oxygen atoms in total. The van der Waals surface area contributed by atoms with Crippen molar-refractivity contribution in [1.82, 2.24) is 4.98 Å². The number of nitrogens with zero attached hydrogens (tertiary/aromatic N) is 1. The Morgan fingerprint density at radius 1 is 1.35 bits per heavy atom. The van der Waals surface area contributed by atoms with Crippen molar-refractivity contribution in [3.8, 4) is 5.75 Å². The van der Waals surface area contributed by atoms with Gasteiger partial charge < -0.3 is 15.8 Å². The van der Waals surface area contributed by atoms with Gasteiger partial charge in [-0.15, -0.1) is 0 Å². The van der Waals surface area contributed by atoms with E-state index in [2.05, 4.69) is 10.3 Å². The van der Waals surface area contributed by atoms with E-state index in [1.165, 1.54) is 6.20 Å². The summed E-state index contributed by atoms with van der Waals surface area (Å²) in [6.45, 7) is 2.66. The van der Waals surface area contributed by atoms with E-state index >= 15 is 0 Å². The lowest BCUT2D eigenvalue weighted by Crippen LogP contribution is -2.13. The highest BCUT2D eigenvalue weighted by Gasteiger charge is 2.07. The SMILES string of the molecule is CCCOc1cccc(C(=O)Nc2ccc(N)cn2)c1. The molecular weight excluding hydrogens is 254 g/mol. The van der Waals surface area contributed by atoms with Crippen molar-refractivity contribution >= 4 is 17.4 Å². The van der Waals surface area contributed by atoms with E-state index in [1.54, 1.807) is 30.3 Å². The summed E-state index contributed by atoms with van der Waals surface area (Å²) in [5.41, 5.74) is 6.62. The third kappa shape index (κ3) is 3.71. The molecule has 5 heteroatoms. The second kappa shape index (κ2) is 6.56. The van der Waals surface area contributed by atoms with Crippen LogP contribution in [0.15, 0.2) is 42.6 Å². The minimum absolute atomic E-state index is 0.232. The zero-order valence-corrected chi connectivity index (χ0v) is 11.3. The maximum absolute atomic E-state index is 12.1. The van der Waals surface area contributed by atoms with Gasteiger partial charge in [-0.05, 0) is 36.8 Å². The molecule has 0 bridgehead atoms. The number of carbonyl (C=O) groups is 1. The zero-order valence-electron chi connectivity index (χ0n) is 11.3. The first kappa shape index (κ1) is 13.9. The maximum Gasteiger partial charge on any atom is 0.256 e. The first-order chi connectivity index (χ1) is 9.69. The largest absolute Gasteiger partial charge is 0.494 e. The molecule has 1 aromatic carbocycles. The number of nitrogen functional groups attached to an aromatic ring is 1. The molecule has 104 valence electrons. The molecule has 0 spiro atoms. The molecule has 0 aliphatic rings. The quantitative estimate of drug-likeness (QED) is 0.876. The number of nitrogens with two attached hydrogens (primary N) is 1. The van der Waals surface area contributed by atoms with Crippen molar-refractivity contribution in [2.75, 3.05) is 17.7 Å². The Bertz CT molecular complexity index is 582. The number of anilines is 2. The smallest absolute Gasteiger partial charge is 0.256 e. The van der Waals surface area contributed by atoms with Crippen molar-refractivity contribution < 1.29 is 9.53 Å². The van der Waals surface area contributed by atoms with Crippen molar-refractivity contribution in [2.45, 2.75) is 13.3 Å². The molecule has 0 radical (unpaired) electrons. The van der Waals surface area contributed by atoms with Gasteiger partial charge in [0.1, 0.15) is 11.6 Å². The minimum Gasteiger partial charge on any atom is -0.494 e. The first-order valence-corrected chi connectivity index (χ1v) is 6.45. The number of pyridine rings is 1. The van der Waals surface area contributed by atoms with Crippen molar-refractivity contribution in [2.24, 2.45) is 0 Å². The summed E-state index contributed by atoms with van der Waals surface area (Å²) in [6.07, 6.45) is 2.42. The molecule has 2 aromatic rings. The summed E-state index contributed by atoms with van der Waals surface area (Å²) in [5, 5.41) is 2.71. The van der Waals surface area contributed by atoms with Crippen LogP contribution in [0.3, 0.4) is 0 Å². The van der Waals surface area contributed by atoms with Crippen molar-refractivity contribution in [3.63, 3.8) is 0 Å². The summed E-state index contributed by atoms with van der Waals surface area (Å²) >= 11 is 0. The summed E-state index contributed by atoms with van der Waals surface area (Å²) in [6, 6.07) is 10.4. The summed E-state index contributed by atoms with van der Waals surface area (Å²) in [4.78, 5) is 16.1. The van der Waals surface area contributed by atoms with Gasteiger partial charge >= 0.3 is 0 Å². The number of benzene rings is 1. The number of amides is 1. The lowest BCUT2D eigenvalue weighted by atomic mass is 10.2. The lowest BCUT2D eigenvalue weighted by Gasteiger charge is -2.07. The maximum atomic E-state index is 12.1. The fourth-order valence-corrected chi connectivity index (χ4v) is 1.61. The number of hydrogen-bond donors (Lipinski definition) is 2. The highest BCUT2D eigenvalue weighted by molar-refractivity contribution is 6.04. The fraction of sp³-hybridized carbons (Fsp3) is 0.200. The van der Waals surface area contributed by atoms with Crippen LogP contribution >= 0.6 is 0 Å². The van der Waals surface area contributed by atoms with Gasteiger partial charge in [0.2, 0.25) is 0 Å². The molecule has 0 saturated carbocycles. The van der Waals surface area contributed by atoms with Crippen LogP contribution < -0.4 is 15.8 Å². The Balaban J connectivity index is 2.06. The summed E-state index contributed by atoms with van der Waals surface area (Å²) in [7, 11) is 0. The molecule has 1 amide bonds.